The zero-order chi connectivity index (χ0) is 19.6. The molecule has 0 saturated heterocycles. The van der Waals surface area contributed by atoms with E-state index in [1.807, 2.05) is 86.3 Å². The fourth-order valence-corrected chi connectivity index (χ4v) is 2.83. The first-order valence-electron chi connectivity index (χ1n) is 8.85. The number of hydrogen-bond acceptors (Lipinski definition) is 2. The first-order chi connectivity index (χ1) is 13.9. The molecule has 0 bridgehead atoms. The van der Waals surface area contributed by atoms with Gasteiger partial charge < -0.3 is 13.9 Å². The Balaban J connectivity index is 0.000000161. The summed E-state index contributed by atoms with van der Waals surface area (Å²) in [5.74, 6) is 0. The zero-order valence-corrected chi connectivity index (χ0v) is 15.4. The molecule has 0 aliphatic carbocycles. The summed E-state index contributed by atoms with van der Waals surface area (Å²) in [7, 11) is 0. The van der Waals surface area contributed by atoms with Crippen molar-refractivity contribution < 1.29 is 4.79 Å². The highest BCUT2D eigenvalue weighted by atomic mass is 16.1. The number of aromatic nitrogens is 3. The lowest BCUT2D eigenvalue weighted by Crippen LogP contribution is -1.92. The van der Waals surface area contributed by atoms with Crippen molar-refractivity contribution >= 4 is 17.7 Å². The van der Waals surface area contributed by atoms with Gasteiger partial charge in [-0.3, -0.25) is 4.98 Å². The molecule has 0 unspecified atom stereocenters. The van der Waals surface area contributed by atoms with Crippen molar-refractivity contribution in [3.8, 4) is 11.4 Å². The normalized spacial score (nSPS) is 9.71. The predicted octanol–water partition coefficient (Wildman–Crippen LogP) is 5.32. The van der Waals surface area contributed by atoms with Crippen LogP contribution in [0.1, 0.15) is 0 Å². The minimum atomic E-state index is 1.06. The molecule has 5 aromatic rings. The fraction of sp³-hybridized carbons (Fsp3) is 0. The van der Waals surface area contributed by atoms with Gasteiger partial charge in [0.15, 0.2) is 0 Å². The van der Waals surface area contributed by atoms with Crippen LogP contribution in [0.25, 0.3) is 22.3 Å². The molecule has 0 fully saturated rings. The van der Waals surface area contributed by atoms with Gasteiger partial charge >= 0.3 is 0 Å². The number of benzene rings is 2. The molecule has 0 atom stereocenters. The van der Waals surface area contributed by atoms with Crippen LogP contribution in [0.2, 0.25) is 0 Å². The van der Waals surface area contributed by atoms with E-state index in [1.54, 1.807) is 0 Å². The van der Waals surface area contributed by atoms with E-state index < -0.39 is 0 Å². The molecule has 0 spiro atoms. The van der Waals surface area contributed by atoms with Gasteiger partial charge in [-0.1, -0.05) is 24.3 Å². The Hall–Kier alpha value is -3.92. The lowest BCUT2D eigenvalue weighted by atomic mass is 10.2. The molecule has 0 radical (unpaired) electrons. The van der Waals surface area contributed by atoms with Gasteiger partial charge in [-0.2, -0.15) is 0 Å². The van der Waals surface area contributed by atoms with Crippen LogP contribution in [0.4, 0.5) is 0 Å². The Labute approximate surface area is 164 Å². The van der Waals surface area contributed by atoms with Gasteiger partial charge in [-0.25, -0.2) is 0 Å². The molecule has 138 valence electrons. The van der Waals surface area contributed by atoms with Crippen molar-refractivity contribution in [2.75, 3.05) is 0 Å². The van der Waals surface area contributed by atoms with Gasteiger partial charge in [0.25, 0.3) is 0 Å². The number of fused-ring (bicyclic) bond motifs is 1. The third-order valence-electron chi connectivity index (χ3n) is 4.17. The van der Waals surface area contributed by atoms with Crippen molar-refractivity contribution in [3.63, 3.8) is 0 Å². The van der Waals surface area contributed by atoms with E-state index in [9.17, 15) is 0 Å². The number of carbonyl (C=O) groups is 1. The Morgan fingerprint density at radius 2 is 1.04 bits per heavy atom. The van der Waals surface area contributed by atoms with Crippen molar-refractivity contribution in [1.29, 1.82) is 0 Å². The Morgan fingerprint density at radius 1 is 0.571 bits per heavy atom. The summed E-state index contributed by atoms with van der Waals surface area (Å²) >= 11 is 0. The lowest BCUT2D eigenvalue weighted by Gasteiger charge is -2.06. The number of carbonyl (C=O) groups excluding carboxylic acids is 1. The first kappa shape index (κ1) is 18.9. The van der Waals surface area contributed by atoms with Gasteiger partial charge in [0.05, 0.1) is 5.52 Å². The second-order valence-electron chi connectivity index (χ2n) is 5.89. The molecule has 0 aliphatic heterocycles. The van der Waals surface area contributed by atoms with Crippen LogP contribution in [0.5, 0.6) is 0 Å². The molecule has 0 amide bonds. The monoisotopic (exact) mass is 367 g/mol. The zero-order valence-electron chi connectivity index (χ0n) is 15.4. The van der Waals surface area contributed by atoms with Gasteiger partial charge in [0.2, 0.25) is 0 Å². The van der Waals surface area contributed by atoms with E-state index in [2.05, 4.69) is 50.5 Å². The summed E-state index contributed by atoms with van der Waals surface area (Å²) in [4.78, 5) is 12.2. The summed E-state index contributed by atoms with van der Waals surface area (Å²) < 4.78 is 4.19. The van der Waals surface area contributed by atoms with E-state index in [0.29, 0.717) is 0 Å². The third-order valence-corrected chi connectivity index (χ3v) is 4.17. The van der Waals surface area contributed by atoms with Gasteiger partial charge in [-0.15, -0.1) is 0 Å². The molecule has 0 N–H and O–H groups in total. The van der Waals surface area contributed by atoms with Crippen LogP contribution in [0.3, 0.4) is 0 Å². The summed E-state index contributed by atoms with van der Waals surface area (Å²) in [6.07, 6.45) is 9.99. The molecular formula is C24H21N3O. The van der Waals surface area contributed by atoms with Crippen LogP contribution >= 0.6 is 0 Å². The van der Waals surface area contributed by atoms with Crippen LogP contribution in [0, 0.1) is 0 Å². The van der Waals surface area contributed by atoms with Gasteiger partial charge in [0.1, 0.15) is 6.79 Å². The minimum absolute atomic E-state index is 1.06. The summed E-state index contributed by atoms with van der Waals surface area (Å²) in [5.41, 5.74) is 3.42. The smallest absolute Gasteiger partial charge is 0.106 e. The van der Waals surface area contributed by atoms with Crippen LogP contribution < -0.4 is 0 Å². The fourth-order valence-electron chi connectivity index (χ4n) is 2.83. The number of rotatable bonds is 2. The maximum atomic E-state index is 8.00. The van der Waals surface area contributed by atoms with Crippen molar-refractivity contribution in [2.24, 2.45) is 0 Å². The average Bonchev–Trinajstić information content (AvgIpc) is 3.50. The lowest BCUT2D eigenvalue weighted by molar-refractivity contribution is -0.0979. The Bertz CT molecular complexity index is 964. The first-order valence-corrected chi connectivity index (χ1v) is 8.85. The van der Waals surface area contributed by atoms with Gasteiger partial charge in [0, 0.05) is 47.7 Å². The number of para-hydroxylation sites is 1. The average molecular weight is 367 g/mol. The highest BCUT2D eigenvalue weighted by Crippen LogP contribution is 2.13. The van der Waals surface area contributed by atoms with Crippen molar-refractivity contribution in [2.45, 2.75) is 0 Å². The van der Waals surface area contributed by atoms with E-state index in [0.717, 1.165) is 5.52 Å². The molecule has 28 heavy (non-hydrogen) atoms. The largest absolute Gasteiger partial charge is 0.324 e. The third kappa shape index (κ3) is 4.62. The highest BCUT2D eigenvalue weighted by Gasteiger charge is 1.96. The maximum Gasteiger partial charge on any atom is 0.106 e. The molecule has 4 nitrogen and oxygen atoms in total. The van der Waals surface area contributed by atoms with Crippen LogP contribution in [-0.2, 0) is 4.79 Å². The van der Waals surface area contributed by atoms with E-state index in [1.165, 1.54) is 16.8 Å². The molecule has 3 aromatic heterocycles. The van der Waals surface area contributed by atoms with Crippen LogP contribution in [-0.4, -0.2) is 20.9 Å². The number of hydrogen-bond donors (Lipinski definition) is 0. The molecule has 0 saturated carbocycles. The van der Waals surface area contributed by atoms with E-state index in [-0.39, 0.29) is 0 Å². The number of pyridine rings is 1. The Morgan fingerprint density at radius 3 is 1.54 bits per heavy atom. The van der Waals surface area contributed by atoms with E-state index >= 15 is 0 Å². The molecule has 0 aliphatic rings. The SMILES string of the molecule is C=O.c1ccc2ncccc2c1.c1ccn(-c2ccc(-n3cccc3)cc2)c1. The number of nitrogens with zero attached hydrogens (tertiary/aromatic N) is 3. The standard InChI is InChI=1S/C14H12N2.C9H7N.CH2O/c1-2-10-15(9-1)13-5-7-14(8-6-13)16-11-3-4-12-16;1-2-6-9-8(4-1)5-3-7-10-9;1-2/h1-12H;1-7H;1H2. The molecule has 4 heteroatoms. The van der Waals surface area contributed by atoms with Crippen molar-refractivity contribution in [1.82, 2.24) is 14.1 Å². The second-order valence-corrected chi connectivity index (χ2v) is 5.89. The molecular weight excluding hydrogens is 346 g/mol. The molecule has 2 aromatic carbocycles. The summed E-state index contributed by atoms with van der Waals surface area (Å²) in [6.45, 7) is 2.00. The molecule has 3 heterocycles. The maximum absolute atomic E-state index is 8.00. The molecule has 5 rings (SSSR count). The highest BCUT2D eigenvalue weighted by molar-refractivity contribution is 5.77. The second kappa shape index (κ2) is 9.69. The predicted molar refractivity (Wildman–Crippen MR) is 114 cm³/mol. The van der Waals surface area contributed by atoms with Crippen LogP contribution in [0.15, 0.2) is 116 Å². The quantitative estimate of drug-likeness (QED) is 0.424. The van der Waals surface area contributed by atoms with Gasteiger partial charge in [-0.05, 0) is 60.7 Å². The Kier molecular flexibility index (Phi) is 6.53. The minimum Gasteiger partial charge on any atom is -0.324 e. The summed E-state index contributed by atoms with van der Waals surface area (Å²) in [5, 5.41) is 1.20. The topological polar surface area (TPSA) is 39.8 Å². The van der Waals surface area contributed by atoms with E-state index in [4.69, 9.17) is 4.79 Å². The summed E-state index contributed by atoms with van der Waals surface area (Å²) in [6, 6.07) is 28.7. The van der Waals surface area contributed by atoms with Crippen molar-refractivity contribution in [3.05, 3.63) is 116 Å².